The third kappa shape index (κ3) is 9.79. The van der Waals surface area contributed by atoms with Crippen molar-refractivity contribution in [1.82, 2.24) is 5.32 Å². The molecule has 0 saturated heterocycles. The van der Waals surface area contributed by atoms with Gasteiger partial charge in [0.25, 0.3) is 10.1 Å². The van der Waals surface area contributed by atoms with E-state index in [-0.39, 0.29) is 36.1 Å². The normalized spacial score (nSPS) is 13.5. The first kappa shape index (κ1) is 21.9. The number of hydrogen-bond donors (Lipinski definition) is 2. The predicted molar refractivity (Wildman–Crippen MR) is 98.8 cm³/mol. The summed E-state index contributed by atoms with van der Waals surface area (Å²) in [5.74, 6) is 0.0932. The van der Waals surface area contributed by atoms with Crippen molar-refractivity contribution in [2.75, 3.05) is 18.9 Å². The first-order valence-corrected chi connectivity index (χ1v) is 10.1. The molecule has 0 heterocycles. The Morgan fingerprint density at radius 1 is 1.32 bits per heavy atom. The predicted octanol–water partition coefficient (Wildman–Crippen LogP) is 2.96. The summed E-state index contributed by atoms with van der Waals surface area (Å²) in [5.41, 5.74) is -0.337. The van der Waals surface area contributed by atoms with Crippen LogP contribution in [0.15, 0.2) is 24.3 Å². The summed E-state index contributed by atoms with van der Waals surface area (Å²) >= 11 is 5.79. The van der Waals surface area contributed by atoms with Gasteiger partial charge < -0.3 is 10.1 Å². The van der Waals surface area contributed by atoms with Crippen LogP contribution in [0.2, 0.25) is 5.02 Å². The summed E-state index contributed by atoms with van der Waals surface area (Å²) in [6.07, 6.45) is 1.33. The molecule has 1 atom stereocenters. The topological polar surface area (TPSA) is 92.7 Å². The average Bonchev–Trinajstić information content (AvgIpc) is 2.50. The fourth-order valence-electron chi connectivity index (χ4n) is 2.17. The maximum atomic E-state index is 12.2. The molecule has 25 heavy (non-hydrogen) atoms. The molecule has 0 saturated carbocycles. The summed E-state index contributed by atoms with van der Waals surface area (Å²) < 4.78 is 35.7. The second-order valence-corrected chi connectivity index (χ2v) is 8.75. The highest BCUT2D eigenvalue weighted by Crippen LogP contribution is 2.19. The molecule has 0 aliphatic heterocycles. The first-order chi connectivity index (χ1) is 11.5. The van der Waals surface area contributed by atoms with Crippen molar-refractivity contribution < 1.29 is 22.5 Å². The van der Waals surface area contributed by atoms with Gasteiger partial charge in [0.2, 0.25) is 0 Å². The number of Topliss-reactive ketones (excluding diaryl/α,β-unsaturated/α-hetero) is 1. The van der Waals surface area contributed by atoms with E-state index in [4.69, 9.17) is 20.9 Å². The molecule has 0 bridgehead atoms. The number of carbonyl (C=O) groups excluding carboxylic acids is 1. The minimum absolute atomic E-state index is 0.000583. The number of ketones is 1. The minimum atomic E-state index is -3.97. The molecule has 0 aromatic heterocycles. The maximum absolute atomic E-state index is 12.2. The average molecular weight is 392 g/mol. The van der Waals surface area contributed by atoms with Crippen LogP contribution in [0.4, 0.5) is 0 Å². The van der Waals surface area contributed by atoms with Crippen molar-refractivity contribution in [2.45, 2.75) is 39.2 Å². The number of rotatable bonds is 11. The lowest BCUT2D eigenvalue weighted by Gasteiger charge is -2.27. The van der Waals surface area contributed by atoms with Crippen LogP contribution in [0.3, 0.4) is 0 Å². The van der Waals surface area contributed by atoms with E-state index in [0.717, 1.165) is 0 Å². The molecule has 0 aliphatic rings. The maximum Gasteiger partial charge on any atom is 0.266 e. The molecule has 142 valence electrons. The number of nitrogens with one attached hydrogen (secondary N) is 1. The van der Waals surface area contributed by atoms with Crippen molar-refractivity contribution in [3.63, 3.8) is 0 Å². The van der Waals surface area contributed by atoms with E-state index < -0.39 is 10.1 Å². The molecule has 1 aromatic carbocycles. The van der Waals surface area contributed by atoms with Gasteiger partial charge in [0.15, 0.2) is 5.78 Å². The van der Waals surface area contributed by atoms with E-state index in [1.54, 1.807) is 24.3 Å². The van der Waals surface area contributed by atoms with Crippen molar-refractivity contribution in [1.29, 1.82) is 0 Å². The van der Waals surface area contributed by atoms with E-state index >= 15 is 0 Å². The minimum Gasteiger partial charge on any atom is -0.486 e. The van der Waals surface area contributed by atoms with E-state index in [1.165, 1.54) is 0 Å². The molecule has 1 rings (SSSR count). The third-order valence-electron chi connectivity index (χ3n) is 3.91. The van der Waals surface area contributed by atoms with E-state index in [9.17, 15) is 13.2 Å². The van der Waals surface area contributed by atoms with Crippen molar-refractivity contribution in [2.24, 2.45) is 5.92 Å². The zero-order chi connectivity index (χ0) is 19.1. The summed E-state index contributed by atoms with van der Waals surface area (Å²) in [5, 5.41) is 3.69. The molecule has 6 nitrogen and oxygen atoms in total. The molecular weight excluding hydrogens is 366 g/mol. The number of benzene rings is 1. The second kappa shape index (κ2) is 9.52. The number of halogens is 1. The molecule has 1 aromatic rings. The van der Waals surface area contributed by atoms with Gasteiger partial charge in [0, 0.05) is 23.0 Å². The van der Waals surface area contributed by atoms with Gasteiger partial charge in [-0.05, 0) is 51.0 Å². The number of hydrogen-bond acceptors (Lipinski definition) is 5. The fourth-order valence-corrected chi connectivity index (χ4v) is 2.66. The van der Waals surface area contributed by atoms with Crippen LogP contribution < -0.4 is 10.1 Å². The summed E-state index contributed by atoms with van der Waals surface area (Å²) in [6.45, 7) is 5.87. The first-order valence-electron chi connectivity index (χ1n) is 8.10. The van der Waals surface area contributed by atoms with Crippen LogP contribution in [-0.2, 0) is 14.9 Å². The van der Waals surface area contributed by atoms with Gasteiger partial charge in [-0.3, -0.25) is 9.35 Å². The number of ether oxygens (including phenoxy) is 1. The van der Waals surface area contributed by atoms with E-state index in [1.807, 2.05) is 20.8 Å². The molecule has 0 aliphatic carbocycles. The third-order valence-corrected chi connectivity index (χ3v) is 4.88. The van der Waals surface area contributed by atoms with Crippen LogP contribution >= 0.6 is 11.6 Å². The van der Waals surface area contributed by atoms with Crippen molar-refractivity contribution in [3.8, 4) is 5.75 Å². The van der Waals surface area contributed by atoms with Gasteiger partial charge in [-0.2, -0.15) is 8.42 Å². The lowest BCUT2D eigenvalue weighted by molar-refractivity contribution is -0.124. The molecule has 8 heteroatoms. The molecular formula is C17H26ClNO5S. The zero-order valence-electron chi connectivity index (χ0n) is 14.8. The van der Waals surface area contributed by atoms with Crippen molar-refractivity contribution >= 4 is 27.5 Å². The summed E-state index contributed by atoms with van der Waals surface area (Å²) in [4.78, 5) is 12.2. The van der Waals surface area contributed by atoms with Gasteiger partial charge in [0.05, 0.1) is 5.75 Å². The Labute approximate surface area is 154 Å². The van der Waals surface area contributed by atoms with E-state index in [2.05, 4.69) is 5.32 Å². The van der Waals surface area contributed by atoms with Crippen LogP contribution in [0, 0.1) is 5.92 Å². The van der Waals surface area contributed by atoms with Crippen LogP contribution in [-0.4, -0.2) is 43.2 Å². The lowest BCUT2D eigenvalue weighted by Crippen LogP contribution is -2.42. The highest BCUT2D eigenvalue weighted by molar-refractivity contribution is 7.85. The Morgan fingerprint density at radius 2 is 1.92 bits per heavy atom. The molecule has 0 spiro atoms. The quantitative estimate of drug-likeness (QED) is 0.563. The van der Waals surface area contributed by atoms with Crippen LogP contribution in [0.5, 0.6) is 5.75 Å². The molecule has 0 radical (unpaired) electrons. The Morgan fingerprint density at radius 3 is 2.48 bits per heavy atom. The number of carbonyl (C=O) groups is 1. The standard InChI is InChI=1S/C17H26ClNO5S/c1-13(8-9-17(2,3)19-10-11-25(21,22)23)16(20)12-24-15-6-4-14(18)5-7-15/h4-7,13,19H,8-12H2,1-3H3,(H,21,22,23). The van der Waals surface area contributed by atoms with Gasteiger partial charge in [-0.15, -0.1) is 0 Å². The SMILES string of the molecule is CC(CCC(C)(C)NCCS(=O)(=O)O)C(=O)COc1ccc(Cl)cc1. The lowest BCUT2D eigenvalue weighted by atomic mass is 9.91. The monoisotopic (exact) mass is 391 g/mol. The Kier molecular flexibility index (Phi) is 8.34. The molecule has 1 unspecified atom stereocenters. The van der Waals surface area contributed by atoms with Gasteiger partial charge in [0.1, 0.15) is 12.4 Å². The summed E-state index contributed by atoms with van der Waals surface area (Å²) in [6, 6.07) is 6.82. The Bertz CT molecular complexity index is 658. The molecule has 2 N–H and O–H groups in total. The largest absolute Gasteiger partial charge is 0.486 e. The van der Waals surface area contributed by atoms with Gasteiger partial charge in [-0.25, -0.2) is 0 Å². The molecule has 0 fully saturated rings. The molecule has 0 amide bonds. The highest BCUT2D eigenvalue weighted by atomic mass is 35.5. The van der Waals surface area contributed by atoms with Crippen LogP contribution in [0.1, 0.15) is 33.6 Å². The highest BCUT2D eigenvalue weighted by Gasteiger charge is 2.21. The smallest absolute Gasteiger partial charge is 0.266 e. The second-order valence-electron chi connectivity index (χ2n) is 6.75. The van der Waals surface area contributed by atoms with Crippen molar-refractivity contribution in [3.05, 3.63) is 29.3 Å². The Balaban J connectivity index is 2.34. The summed E-state index contributed by atoms with van der Waals surface area (Å²) in [7, 11) is -3.97. The Hall–Kier alpha value is -1.15. The van der Waals surface area contributed by atoms with Gasteiger partial charge in [-0.1, -0.05) is 18.5 Å². The van der Waals surface area contributed by atoms with E-state index in [0.29, 0.717) is 23.6 Å². The van der Waals surface area contributed by atoms with Crippen LogP contribution in [0.25, 0.3) is 0 Å². The fraction of sp³-hybridized carbons (Fsp3) is 0.588. The zero-order valence-corrected chi connectivity index (χ0v) is 16.4. The van der Waals surface area contributed by atoms with Gasteiger partial charge >= 0.3 is 0 Å².